The van der Waals surface area contributed by atoms with Crippen LogP contribution in [0.3, 0.4) is 0 Å². The molecule has 1 fully saturated rings. The van der Waals surface area contributed by atoms with Gasteiger partial charge in [0.15, 0.2) is 5.12 Å². The van der Waals surface area contributed by atoms with E-state index < -0.39 is 8.80 Å². The molecule has 0 aromatic carbocycles. The Hall–Kier alpha value is 0.117. The fourth-order valence-electron chi connectivity index (χ4n) is 1.65. The molecule has 0 atom stereocenters. The summed E-state index contributed by atoms with van der Waals surface area (Å²) in [5.41, 5.74) is 0. The fraction of sp³-hybridized carbons (Fsp3) is 0.909. The lowest BCUT2D eigenvalue weighted by molar-refractivity contribution is -0.109. The largest absolute Gasteiger partial charge is 0.500 e. The molecule has 0 unspecified atom stereocenters. The van der Waals surface area contributed by atoms with Crippen LogP contribution >= 0.6 is 11.8 Å². The Morgan fingerprint density at radius 1 is 1.47 bits per heavy atom. The summed E-state index contributed by atoms with van der Waals surface area (Å²) >= 11 is 1.35. The first-order valence-corrected chi connectivity index (χ1v) is 9.05. The molecule has 6 heteroatoms. The quantitative estimate of drug-likeness (QED) is 0.551. The average Bonchev–Trinajstić information content (AvgIpc) is 2.29. The van der Waals surface area contributed by atoms with Gasteiger partial charge in [-0.25, -0.2) is 0 Å². The molecule has 1 aliphatic heterocycles. The van der Waals surface area contributed by atoms with E-state index in [9.17, 15) is 4.79 Å². The maximum Gasteiger partial charge on any atom is 0.500 e. The summed E-state index contributed by atoms with van der Waals surface area (Å²) < 4.78 is 17.4. The van der Waals surface area contributed by atoms with Crippen LogP contribution in [0, 0.1) is 5.92 Å². The molecule has 0 N–H and O–H groups in total. The zero-order valence-electron chi connectivity index (χ0n) is 10.9. The van der Waals surface area contributed by atoms with Gasteiger partial charge >= 0.3 is 8.80 Å². The molecule has 0 saturated carbocycles. The standard InChI is InChI=1S/C11H22O4SSi/c1-4-13-17(7-5-6-16-11(3)12)14-8-10(2)9-15-17/h10H,4-9H2,1-3H3. The topological polar surface area (TPSA) is 44.8 Å². The van der Waals surface area contributed by atoms with Gasteiger partial charge in [-0.15, -0.1) is 0 Å². The maximum absolute atomic E-state index is 10.8. The summed E-state index contributed by atoms with van der Waals surface area (Å²) in [6.45, 7) is 7.74. The van der Waals surface area contributed by atoms with Gasteiger partial charge in [-0.05, 0) is 13.3 Å². The Balaban J connectivity index is 2.34. The fourth-order valence-corrected chi connectivity index (χ4v) is 5.29. The van der Waals surface area contributed by atoms with E-state index in [0.29, 0.717) is 12.5 Å². The molecule has 100 valence electrons. The van der Waals surface area contributed by atoms with Crippen molar-refractivity contribution in [3.05, 3.63) is 0 Å². The number of carbonyl (C=O) groups is 1. The Bertz CT molecular complexity index is 242. The highest BCUT2D eigenvalue weighted by molar-refractivity contribution is 8.13. The van der Waals surface area contributed by atoms with E-state index in [-0.39, 0.29) is 5.12 Å². The van der Waals surface area contributed by atoms with E-state index in [1.807, 2.05) is 6.92 Å². The van der Waals surface area contributed by atoms with Gasteiger partial charge in [0.1, 0.15) is 0 Å². The SMILES string of the molecule is CCO[Si]1(CCCSC(C)=O)OCC(C)CO1. The molecular formula is C11H22O4SSi. The Kier molecular flexibility index (Phi) is 6.72. The minimum absolute atomic E-state index is 0.163. The van der Waals surface area contributed by atoms with Crippen LogP contribution in [0.5, 0.6) is 0 Å². The van der Waals surface area contributed by atoms with Crippen molar-refractivity contribution in [3.8, 4) is 0 Å². The number of carbonyl (C=O) groups excluding carboxylic acids is 1. The molecule has 0 bridgehead atoms. The van der Waals surface area contributed by atoms with Gasteiger partial charge in [0, 0.05) is 44.5 Å². The van der Waals surface area contributed by atoms with Crippen LogP contribution in [0.15, 0.2) is 0 Å². The third kappa shape index (κ3) is 5.52. The Morgan fingerprint density at radius 3 is 2.65 bits per heavy atom. The summed E-state index contributed by atoms with van der Waals surface area (Å²) in [6, 6.07) is 0.813. The lowest BCUT2D eigenvalue weighted by atomic mass is 10.2. The summed E-state index contributed by atoms with van der Waals surface area (Å²) in [6.07, 6.45) is 0.908. The lowest BCUT2D eigenvalue weighted by Gasteiger charge is -2.35. The molecule has 0 spiro atoms. The van der Waals surface area contributed by atoms with Crippen LogP contribution in [-0.4, -0.2) is 39.5 Å². The predicted octanol–water partition coefficient (Wildman–Crippen LogP) is 2.31. The Morgan fingerprint density at radius 2 is 2.12 bits per heavy atom. The molecule has 17 heavy (non-hydrogen) atoms. The zero-order valence-corrected chi connectivity index (χ0v) is 12.7. The van der Waals surface area contributed by atoms with E-state index >= 15 is 0 Å². The van der Waals surface area contributed by atoms with Crippen molar-refractivity contribution in [2.24, 2.45) is 5.92 Å². The van der Waals surface area contributed by atoms with Crippen LogP contribution in [-0.2, 0) is 18.1 Å². The third-order valence-electron chi connectivity index (χ3n) is 2.47. The van der Waals surface area contributed by atoms with Crippen LogP contribution in [0.4, 0.5) is 0 Å². The van der Waals surface area contributed by atoms with Crippen LogP contribution < -0.4 is 0 Å². The van der Waals surface area contributed by atoms with Crippen LogP contribution in [0.2, 0.25) is 6.04 Å². The number of hydrogen-bond acceptors (Lipinski definition) is 5. The van der Waals surface area contributed by atoms with Gasteiger partial charge in [-0.3, -0.25) is 4.79 Å². The summed E-state index contributed by atoms with van der Waals surface area (Å²) in [5, 5.41) is 0.163. The average molecular weight is 278 g/mol. The molecule has 0 aromatic rings. The smallest absolute Gasteiger partial charge is 0.374 e. The second-order valence-electron chi connectivity index (χ2n) is 4.29. The summed E-state index contributed by atoms with van der Waals surface area (Å²) in [5.74, 6) is 1.27. The van der Waals surface area contributed by atoms with Crippen molar-refractivity contribution in [2.45, 2.75) is 33.2 Å². The summed E-state index contributed by atoms with van der Waals surface area (Å²) in [4.78, 5) is 10.8. The molecule has 0 radical (unpaired) electrons. The van der Waals surface area contributed by atoms with Crippen molar-refractivity contribution >= 4 is 25.7 Å². The van der Waals surface area contributed by atoms with E-state index in [1.54, 1.807) is 6.92 Å². The first-order chi connectivity index (χ1) is 8.08. The summed E-state index contributed by atoms with van der Waals surface area (Å²) in [7, 11) is -2.42. The van der Waals surface area contributed by atoms with Gasteiger partial charge in [0.05, 0.1) is 0 Å². The maximum atomic E-state index is 10.8. The van der Waals surface area contributed by atoms with E-state index in [1.165, 1.54) is 11.8 Å². The normalized spacial score (nSPS) is 29.2. The van der Waals surface area contributed by atoms with Gasteiger partial charge in [-0.2, -0.15) is 0 Å². The van der Waals surface area contributed by atoms with Crippen LogP contribution in [0.1, 0.15) is 27.2 Å². The van der Waals surface area contributed by atoms with Crippen molar-refractivity contribution in [3.63, 3.8) is 0 Å². The molecule has 0 aliphatic carbocycles. The molecule has 1 saturated heterocycles. The van der Waals surface area contributed by atoms with Crippen molar-refractivity contribution in [1.29, 1.82) is 0 Å². The van der Waals surface area contributed by atoms with Gasteiger partial charge in [0.25, 0.3) is 0 Å². The molecule has 4 nitrogen and oxygen atoms in total. The lowest BCUT2D eigenvalue weighted by Crippen LogP contribution is -2.51. The molecule has 0 aromatic heterocycles. The van der Waals surface area contributed by atoms with E-state index in [2.05, 4.69) is 6.92 Å². The van der Waals surface area contributed by atoms with E-state index in [0.717, 1.165) is 31.4 Å². The third-order valence-corrected chi connectivity index (χ3v) is 6.28. The molecule has 1 aliphatic rings. The van der Waals surface area contributed by atoms with Gasteiger partial charge in [-0.1, -0.05) is 18.7 Å². The van der Waals surface area contributed by atoms with Crippen molar-refractivity contribution < 1.29 is 18.1 Å². The first-order valence-electron chi connectivity index (χ1n) is 6.13. The minimum Gasteiger partial charge on any atom is -0.374 e. The van der Waals surface area contributed by atoms with Crippen molar-refractivity contribution in [1.82, 2.24) is 0 Å². The zero-order chi connectivity index (χ0) is 12.7. The number of rotatable bonds is 6. The molecule has 1 heterocycles. The Labute approximate surface area is 109 Å². The second-order valence-corrected chi connectivity index (χ2v) is 8.29. The molecular weight excluding hydrogens is 256 g/mol. The predicted molar refractivity (Wildman–Crippen MR) is 71.0 cm³/mol. The first kappa shape index (κ1) is 15.2. The minimum atomic E-state index is -2.42. The number of hydrogen-bond donors (Lipinski definition) is 0. The highest BCUT2D eigenvalue weighted by atomic mass is 32.2. The van der Waals surface area contributed by atoms with E-state index in [4.69, 9.17) is 13.3 Å². The highest BCUT2D eigenvalue weighted by Gasteiger charge is 2.43. The highest BCUT2D eigenvalue weighted by Crippen LogP contribution is 2.25. The van der Waals surface area contributed by atoms with Crippen LogP contribution in [0.25, 0.3) is 0 Å². The monoisotopic (exact) mass is 278 g/mol. The van der Waals surface area contributed by atoms with Gasteiger partial charge in [0.2, 0.25) is 0 Å². The van der Waals surface area contributed by atoms with Crippen molar-refractivity contribution in [2.75, 3.05) is 25.6 Å². The van der Waals surface area contributed by atoms with Gasteiger partial charge < -0.3 is 13.3 Å². The second kappa shape index (κ2) is 7.53. The number of thioether (sulfide) groups is 1. The molecule has 1 rings (SSSR count). The molecule has 0 amide bonds.